The zero-order valence-corrected chi connectivity index (χ0v) is 10.0. The van der Waals surface area contributed by atoms with E-state index in [2.05, 4.69) is 62.4 Å². The van der Waals surface area contributed by atoms with Gasteiger partial charge in [-0.25, -0.2) is 0 Å². The maximum Gasteiger partial charge on any atom is -0.00229 e. The molecule has 0 aliphatic rings. The SMILES string of the molecule is CCc1ccc(C)cc1Cc1ccccc1. The van der Waals surface area contributed by atoms with E-state index < -0.39 is 0 Å². The third kappa shape index (κ3) is 2.52. The molecule has 0 spiro atoms. The molecule has 0 N–H and O–H groups in total. The molecule has 2 rings (SSSR count). The van der Waals surface area contributed by atoms with Crippen molar-refractivity contribution in [3.63, 3.8) is 0 Å². The van der Waals surface area contributed by atoms with Gasteiger partial charge in [-0.3, -0.25) is 0 Å². The molecule has 0 radical (unpaired) electrons. The summed E-state index contributed by atoms with van der Waals surface area (Å²) < 4.78 is 0. The van der Waals surface area contributed by atoms with Gasteiger partial charge in [0.05, 0.1) is 0 Å². The third-order valence-electron chi connectivity index (χ3n) is 2.98. The topological polar surface area (TPSA) is 0 Å². The van der Waals surface area contributed by atoms with Gasteiger partial charge in [-0.2, -0.15) is 0 Å². The Kier molecular flexibility index (Phi) is 3.40. The fourth-order valence-corrected chi connectivity index (χ4v) is 2.08. The second-order valence-electron chi connectivity index (χ2n) is 4.29. The Labute approximate surface area is 97.9 Å². The summed E-state index contributed by atoms with van der Waals surface area (Å²) in [6.45, 7) is 4.38. The zero-order valence-electron chi connectivity index (χ0n) is 10.0. The predicted octanol–water partition coefficient (Wildman–Crippen LogP) is 4.15. The van der Waals surface area contributed by atoms with Crippen LogP contribution >= 0.6 is 0 Å². The van der Waals surface area contributed by atoms with Gasteiger partial charge in [0.1, 0.15) is 0 Å². The van der Waals surface area contributed by atoms with Crippen molar-refractivity contribution >= 4 is 0 Å². The van der Waals surface area contributed by atoms with Gasteiger partial charge in [-0.1, -0.05) is 61.0 Å². The summed E-state index contributed by atoms with van der Waals surface area (Å²) in [5.74, 6) is 0. The highest BCUT2D eigenvalue weighted by atomic mass is 14.1. The molecule has 0 bridgehead atoms. The molecular formula is C16H18. The molecule has 0 atom stereocenters. The molecule has 2 aromatic rings. The first-order valence-electron chi connectivity index (χ1n) is 5.92. The Balaban J connectivity index is 2.30. The molecule has 0 fully saturated rings. The van der Waals surface area contributed by atoms with Crippen LogP contribution in [0.1, 0.15) is 29.2 Å². The van der Waals surface area contributed by atoms with E-state index in [1.807, 2.05) is 0 Å². The Hall–Kier alpha value is -1.56. The summed E-state index contributed by atoms with van der Waals surface area (Å²) in [6, 6.07) is 17.4. The monoisotopic (exact) mass is 210 g/mol. The molecule has 0 nitrogen and oxygen atoms in total. The Morgan fingerprint density at radius 3 is 2.31 bits per heavy atom. The van der Waals surface area contributed by atoms with Crippen LogP contribution in [-0.2, 0) is 12.8 Å². The fourth-order valence-electron chi connectivity index (χ4n) is 2.08. The summed E-state index contributed by atoms with van der Waals surface area (Å²) >= 11 is 0. The fraction of sp³-hybridized carbons (Fsp3) is 0.250. The highest BCUT2D eigenvalue weighted by Gasteiger charge is 2.02. The minimum absolute atomic E-state index is 1.05. The first-order valence-corrected chi connectivity index (χ1v) is 5.92. The van der Waals surface area contributed by atoms with Crippen LogP contribution in [0.3, 0.4) is 0 Å². The minimum Gasteiger partial charge on any atom is -0.0622 e. The summed E-state index contributed by atoms with van der Waals surface area (Å²) in [5, 5.41) is 0. The smallest absolute Gasteiger partial charge is 0.00229 e. The largest absolute Gasteiger partial charge is 0.0622 e. The van der Waals surface area contributed by atoms with Crippen LogP contribution < -0.4 is 0 Å². The van der Waals surface area contributed by atoms with Gasteiger partial charge in [-0.05, 0) is 36.5 Å². The molecular weight excluding hydrogens is 192 g/mol. The Bertz CT molecular complexity index is 455. The van der Waals surface area contributed by atoms with E-state index in [4.69, 9.17) is 0 Å². The van der Waals surface area contributed by atoms with Crippen molar-refractivity contribution in [3.05, 3.63) is 70.8 Å². The van der Waals surface area contributed by atoms with Gasteiger partial charge >= 0.3 is 0 Å². The van der Waals surface area contributed by atoms with Gasteiger partial charge in [0.2, 0.25) is 0 Å². The normalized spacial score (nSPS) is 10.4. The van der Waals surface area contributed by atoms with E-state index in [9.17, 15) is 0 Å². The predicted molar refractivity (Wildman–Crippen MR) is 69.8 cm³/mol. The van der Waals surface area contributed by atoms with Crippen LogP contribution in [0.15, 0.2) is 48.5 Å². The highest BCUT2D eigenvalue weighted by molar-refractivity contribution is 5.35. The molecule has 0 heteroatoms. The molecule has 0 saturated carbocycles. The van der Waals surface area contributed by atoms with E-state index in [0.717, 1.165) is 12.8 Å². The average molecular weight is 210 g/mol. The summed E-state index contributed by atoms with van der Waals surface area (Å²) in [6.07, 6.45) is 2.16. The standard InChI is InChI=1S/C16H18/c1-3-15-10-9-13(2)11-16(15)12-14-7-5-4-6-8-14/h4-11H,3,12H2,1-2H3. The van der Waals surface area contributed by atoms with Crippen LogP contribution in [-0.4, -0.2) is 0 Å². The molecule has 0 saturated heterocycles. The van der Waals surface area contributed by atoms with Crippen LogP contribution in [0, 0.1) is 6.92 Å². The van der Waals surface area contributed by atoms with Gasteiger partial charge in [0.25, 0.3) is 0 Å². The van der Waals surface area contributed by atoms with Gasteiger partial charge < -0.3 is 0 Å². The molecule has 0 aromatic heterocycles. The second kappa shape index (κ2) is 4.98. The number of aryl methyl sites for hydroxylation is 2. The summed E-state index contributed by atoms with van der Waals surface area (Å²) in [5.41, 5.74) is 5.68. The molecule has 16 heavy (non-hydrogen) atoms. The maximum absolute atomic E-state index is 2.31. The average Bonchev–Trinajstić information content (AvgIpc) is 2.31. The molecule has 82 valence electrons. The van der Waals surface area contributed by atoms with E-state index in [0.29, 0.717) is 0 Å². The van der Waals surface area contributed by atoms with Crippen LogP contribution in [0.4, 0.5) is 0 Å². The first kappa shape index (κ1) is 10.9. The Morgan fingerprint density at radius 2 is 1.62 bits per heavy atom. The van der Waals surface area contributed by atoms with Crippen LogP contribution in [0.2, 0.25) is 0 Å². The maximum atomic E-state index is 2.31. The van der Waals surface area contributed by atoms with Gasteiger partial charge in [0, 0.05) is 0 Å². The molecule has 0 aliphatic heterocycles. The Morgan fingerprint density at radius 1 is 0.875 bits per heavy atom. The minimum atomic E-state index is 1.05. The van der Waals surface area contributed by atoms with Crippen LogP contribution in [0.25, 0.3) is 0 Å². The number of rotatable bonds is 3. The van der Waals surface area contributed by atoms with E-state index in [1.165, 1.54) is 22.3 Å². The third-order valence-corrected chi connectivity index (χ3v) is 2.98. The number of benzene rings is 2. The van der Waals surface area contributed by atoms with Crippen molar-refractivity contribution in [3.8, 4) is 0 Å². The van der Waals surface area contributed by atoms with Crippen molar-refractivity contribution in [2.45, 2.75) is 26.7 Å². The highest BCUT2D eigenvalue weighted by Crippen LogP contribution is 2.16. The molecule has 0 heterocycles. The molecule has 0 unspecified atom stereocenters. The van der Waals surface area contributed by atoms with E-state index in [-0.39, 0.29) is 0 Å². The quantitative estimate of drug-likeness (QED) is 0.714. The van der Waals surface area contributed by atoms with Crippen molar-refractivity contribution in [2.24, 2.45) is 0 Å². The molecule has 0 aliphatic carbocycles. The first-order chi connectivity index (χ1) is 7.79. The van der Waals surface area contributed by atoms with E-state index >= 15 is 0 Å². The van der Waals surface area contributed by atoms with Gasteiger partial charge in [0.15, 0.2) is 0 Å². The number of hydrogen-bond donors (Lipinski definition) is 0. The zero-order chi connectivity index (χ0) is 11.4. The lowest BCUT2D eigenvalue weighted by Crippen LogP contribution is -1.95. The lowest BCUT2D eigenvalue weighted by atomic mass is 9.96. The molecule has 0 amide bonds. The second-order valence-corrected chi connectivity index (χ2v) is 4.29. The van der Waals surface area contributed by atoms with Crippen molar-refractivity contribution in [1.29, 1.82) is 0 Å². The van der Waals surface area contributed by atoms with Crippen molar-refractivity contribution < 1.29 is 0 Å². The summed E-state index contributed by atoms with van der Waals surface area (Å²) in [4.78, 5) is 0. The van der Waals surface area contributed by atoms with Crippen molar-refractivity contribution in [2.75, 3.05) is 0 Å². The number of hydrogen-bond acceptors (Lipinski definition) is 0. The van der Waals surface area contributed by atoms with Crippen molar-refractivity contribution in [1.82, 2.24) is 0 Å². The van der Waals surface area contributed by atoms with E-state index in [1.54, 1.807) is 0 Å². The lowest BCUT2D eigenvalue weighted by molar-refractivity contribution is 1.05. The summed E-state index contributed by atoms with van der Waals surface area (Å²) in [7, 11) is 0. The van der Waals surface area contributed by atoms with Gasteiger partial charge in [-0.15, -0.1) is 0 Å². The lowest BCUT2D eigenvalue weighted by Gasteiger charge is -2.09. The van der Waals surface area contributed by atoms with Crippen LogP contribution in [0.5, 0.6) is 0 Å². The molecule has 2 aromatic carbocycles.